The minimum absolute atomic E-state index is 0.0165. The number of oxime groups is 1. The molecule has 0 aromatic heterocycles. The lowest BCUT2D eigenvalue weighted by molar-refractivity contribution is -0.153. The number of carbonyl (C=O) groups is 2. The van der Waals surface area contributed by atoms with Crippen LogP contribution in [0.3, 0.4) is 0 Å². The molecule has 1 aromatic carbocycles. The maximum absolute atomic E-state index is 12.4. The van der Waals surface area contributed by atoms with Crippen LogP contribution in [0.2, 0.25) is 0 Å². The molecular weight excluding hydrogens is 318 g/mol. The van der Waals surface area contributed by atoms with Crippen LogP contribution >= 0.6 is 0 Å². The fraction of sp³-hybridized carbons (Fsp3) is 0.450. The summed E-state index contributed by atoms with van der Waals surface area (Å²) in [6.45, 7) is 7.37. The highest BCUT2D eigenvalue weighted by Gasteiger charge is 2.38. The first-order valence-electron chi connectivity index (χ1n) is 8.32. The van der Waals surface area contributed by atoms with E-state index < -0.39 is 23.4 Å². The van der Waals surface area contributed by atoms with Gasteiger partial charge in [-0.2, -0.15) is 0 Å². The molecule has 1 aliphatic rings. The molecule has 0 fully saturated rings. The average Bonchev–Trinajstić information content (AvgIpc) is 2.59. The third-order valence-electron chi connectivity index (χ3n) is 4.26. The van der Waals surface area contributed by atoms with Crippen LogP contribution in [0.5, 0.6) is 0 Å². The van der Waals surface area contributed by atoms with Gasteiger partial charge in [0, 0.05) is 17.4 Å². The van der Waals surface area contributed by atoms with Gasteiger partial charge in [-0.05, 0) is 18.6 Å². The van der Waals surface area contributed by atoms with Gasteiger partial charge in [0.2, 0.25) is 0 Å². The van der Waals surface area contributed by atoms with Crippen molar-refractivity contribution in [2.45, 2.75) is 40.2 Å². The number of rotatable bonds is 5. The van der Waals surface area contributed by atoms with Crippen LogP contribution < -0.4 is 0 Å². The lowest BCUT2D eigenvalue weighted by atomic mass is 9.82. The zero-order chi connectivity index (χ0) is 18.6. The van der Waals surface area contributed by atoms with E-state index in [4.69, 9.17) is 9.57 Å². The van der Waals surface area contributed by atoms with Gasteiger partial charge in [0.25, 0.3) is 0 Å². The fourth-order valence-corrected chi connectivity index (χ4v) is 2.63. The quantitative estimate of drug-likeness (QED) is 0.767. The van der Waals surface area contributed by atoms with E-state index in [-0.39, 0.29) is 12.2 Å². The SMILES string of the molecule is COC(=O)C(CC(=O)C(C)(C)C)C1ON=C(c2ccccc2)C=C1C. The first-order chi connectivity index (χ1) is 11.7. The summed E-state index contributed by atoms with van der Waals surface area (Å²) < 4.78 is 4.89. The molecule has 1 aromatic rings. The second-order valence-corrected chi connectivity index (χ2v) is 7.26. The summed E-state index contributed by atoms with van der Waals surface area (Å²) in [5.74, 6) is -1.19. The molecule has 0 N–H and O–H groups in total. The molecule has 1 aliphatic heterocycles. The van der Waals surface area contributed by atoms with Crippen molar-refractivity contribution in [2.75, 3.05) is 7.11 Å². The largest absolute Gasteiger partial charge is 0.469 e. The number of hydrogen-bond donors (Lipinski definition) is 0. The van der Waals surface area contributed by atoms with Crippen LogP contribution in [-0.2, 0) is 19.2 Å². The molecule has 0 bridgehead atoms. The summed E-state index contributed by atoms with van der Waals surface area (Å²) in [5.41, 5.74) is 1.93. The van der Waals surface area contributed by atoms with Crippen molar-refractivity contribution < 1.29 is 19.2 Å². The summed E-state index contributed by atoms with van der Waals surface area (Å²) >= 11 is 0. The van der Waals surface area contributed by atoms with Crippen LogP contribution in [0.4, 0.5) is 0 Å². The van der Waals surface area contributed by atoms with Crippen LogP contribution in [0.15, 0.2) is 47.1 Å². The number of hydrogen-bond acceptors (Lipinski definition) is 5. The van der Waals surface area contributed by atoms with Crippen LogP contribution in [0, 0.1) is 11.3 Å². The van der Waals surface area contributed by atoms with Crippen molar-refractivity contribution in [2.24, 2.45) is 16.5 Å². The van der Waals surface area contributed by atoms with Crippen molar-refractivity contribution in [1.82, 2.24) is 0 Å². The van der Waals surface area contributed by atoms with E-state index in [1.807, 2.05) is 64.1 Å². The molecule has 134 valence electrons. The van der Waals surface area contributed by atoms with Gasteiger partial charge in [0.1, 0.15) is 17.4 Å². The number of allylic oxidation sites excluding steroid dienone is 1. The van der Waals surface area contributed by atoms with Crippen LogP contribution in [0.25, 0.3) is 0 Å². The maximum atomic E-state index is 12.4. The second-order valence-electron chi connectivity index (χ2n) is 7.26. The molecule has 2 rings (SSSR count). The van der Waals surface area contributed by atoms with E-state index in [1.54, 1.807) is 0 Å². The number of benzene rings is 1. The van der Waals surface area contributed by atoms with E-state index in [2.05, 4.69) is 5.16 Å². The van der Waals surface area contributed by atoms with Gasteiger partial charge in [-0.15, -0.1) is 0 Å². The zero-order valence-electron chi connectivity index (χ0n) is 15.4. The van der Waals surface area contributed by atoms with E-state index in [0.29, 0.717) is 5.71 Å². The molecule has 0 amide bonds. The summed E-state index contributed by atoms with van der Waals surface area (Å²) in [7, 11) is 1.32. The lowest BCUT2D eigenvalue weighted by Crippen LogP contribution is -2.37. The molecule has 0 radical (unpaired) electrons. The molecule has 1 heterocycles. The first kappa shape index (κ1) is 18.9. The predicted molar refractivity (Wildman–Crippen MR) is 96.2 cm³/mol. The minimum atomic E-state index is -0.714. The number of ketones is 1. The topological polar surface area (TPSA) is 65.0 Å². The monoisotopic (exact) mass is 343 g/mol. The van der Waals surface area contributed by atoms with Gasteiger partial charge in [-0.1, -0.05) is 56.3 Å². The molecule has 0 saturated carbocycles. The Morgan fingerprint density at radius 3 is 2.40 bits per heavy atom. The summed E-state index contributed by atoms with van der Waals surface area (Å²) in [6.07, 6.45) is 1.34. The van der Waals surface area contributed by atoms with Crippen molar-refractivity contribution in [1.29, 1.82) is 0 Å². The van der Waals surface area contributed by atoms with Gasteiger partial charge < -0.3 is 9.57 Å². The summed E-state index contributed by atoms with van der Waals surface area (Å²) in [6, 6.07) is 9.65. The van der Waals surface area contributed by atoms with Gasteiger partial charge in [0.15, 0.2) is 6.10 Å². The van der Waals surface area contributed by atoms with E-state index >= 15 is 0 Å². The standard InChI is InChI=1S/C20H25NO4/c1-13-11-16(14-9-7-6-8-10-14)21-25-18(13)15(19(23)24-5)12-17(22)20(2,3)4/h6-11,15,18H,12H2,1-5H3. The maximum Gasteiger partial charge on any atom is 0.313 e. The zero-order valence-corrected chi connectivity index (χ0v) is 15.4. The number of methoxy groups -OCH3 is 1. The third kappa shape index (κ3) is 4.56. The van der Waals surface area contributed by atoms with E-state index in [9.17, 15) is 9.59 Å². The predicted octanol–water partition coefficient (Wildman–Crippen LogP) is 3.53. The minimum Gasteiger partial charge on any atom is -0.469 e. The normalized spacial score (nSPS) is 18.5. The fourth-order valence-electron chi connectivity index (χ4n) is 2.63. The van der Waals surface area contributed by atoms with E-state index in [0.717, 1.165) is 11.1 Å². The van der Waals surface area contributed by atoms with Gasteiger partial charge in [-0.25, -0.2) is 0 Å². The first-order valence-corrected chi connectivity index (χ1v) is 8.32. The summed E-state index contributed by atoms with van der Waals surface area (Å²) in [4.78, 5) is 30.3. The highest BCUT2D eigenvalue weighted by atomic mass is 16.6. The van der Waals surface area contributed by atoms with Crippen molar-refractivity contribution in [3.8, 4) is 0 Å². The van der Waals surface area contributed by atoms with Gasteiger partial charge in [-0.3, -0.25) is 9.59 Å². The van der Waals surface area contributed by atoms with Crippen LogP contribution in [-0.4, -0.2) is 30.7 Å². The highest BCUT2D eigenvalue weighted by molar-refractivity contribution is 6.09. The Morgan fingerprint density at radius 2 is 1.88 bits per heavy atom. The molecule has 2 atom stereocenters. The Kier molecular flexibility index (Phi) is 5.77. The number of Topliss-reactive ketones (excluding diaryl/α,β-unsaturated/α-hetero) is 1. The molecule has 5 heteroatoms. The Labute approximate surface area is 148 Å². The molecule has 0 aliphatic carbocycles. The Morgan fingerprint density at radius 1 is 1.24 bits per heavy atom. The number of esters is 1. The Hall–Kier alpha value is -2.43. The molecule has 2 unspecified atom stereocenters. The van der Waals surface area contributed by atoms with Crippen molar-refractivity contribution >= 4 is 17.5 Å². The Balaban J connectivity index is 2.23. The van der Waals surface area contributed by atoms with E-state index in [1.165, 1.54) is 7.11 Å². The van der Waals surface area contributed by atoms with Gasteiger partial charge in [0.05, 0.1) is 7.11 Å². The molecule has 25 heavy (non-hydrogen) atoms. The third-order valence-corrected chi connectivity index (χ3v) is 4.26. The van der Waals surface area contributed by atoms with Crippen LogP contribution in [0.1, 0.15) is 39.7 Å². The lowest BCUT2D eigenvalue weighted by Gasteiger charge is -2.28. The summed E-state index contributed by atoms with van der Waals surface area (Å²) in [5, 5.41) is 4.16. The van der Waals surface area contributed by atoms with Crippen molar-refractivity contribution in [3.05, 3.63) is 47.5 Å². The number of carbonyl (C=O) groups excluding carboxylic acids is 2. The highest BCUT2D eigenvalue weighted by Crippen LogP contribution is 2.29. The van der Waals surface area contributed by atoms with Crippen molar-refractivity contribution in [3.63, 3.8) is 0 Å². The molecule has 5 nitrogen and oxygen atoms in total. The Bertz CT molecular complexity index is 698. The number of nitrogens with zero attached hydrogens (tertiary/aromatic N) is 1. The molecular formula is C20H25NO4. The molecule has 0 saturated heterocycles. The average molecular weight is 343 g/mol. The number of ether oxygens (including phenoxy) is 1. The second kappa shape index (κ2) is 7.64. The molecule has 0 spiro atoms. The smallest absolute Gasteiger partial charge is 0.313 e. The van der Waals surface area contributed by atoms with Gasteiger partial charge >= 0.3 is 5.97 Å².